The number of rotatable bonds is 4. The van der Waals surface area contributed by atoms with E-state index in [2.05, 4.69) is 5.32 Å². The molecule has 0 saturated heterocycles. The molecule has 12 nitrogen and oxygen atoms in total. The average molecular weight is 564 g/mol. The number of nitrogens with two attached hydrogens (primary N) is 1. The molecule has 2 amide bonds. The van der Waals surface area contributed by atoms with E-state index >= 15 is 0 Å². The molecule has 0 radical (unpaired) electrons. The van der Waals surface area contributed by atoms with Gasteiger partial charge in [0.2, 0.25) is 5.78 Å². The maximum Gasteiger partial charge on any atom is 0.411 e. The van der Waals surface area contributed by atoms with Crippen LogP contribution in [0.5, 0.6) is 5.75 Å². The molecule has 5 rings (SSSR count). The Morgan fingerprint density at radius 3 is 2.29 bits per heavy atom. The molecule has 0 spiro atoms. The molecule has 12 heteroatoms. The van der Waals surface area contributed by atoms with Crippen LogP contribution in [0.4, 0.5) is 10.5 Å². The van der Waals surface area contributed by atoms with Crippen LogP contribution in [0.25, 0.3) is 5.76 Å². The van der Waals surface area contributed by atoms with Crippen molar-refractivity contribution in [3.05, 3.63) is 76.6 Å². The minimum Gasteiger partial charge on any atom is -0.508 e. The molecular weight excluding hydrogens is 534 g/mol. The molecule has 1 saturated carbocycles. The summed E-state index contributed by atoms with van der Waals surface area (Å²) in [7, 11) is 2.91. The maximum absolute atomic E-state index is 14.2. The zero-order valence-corrected chi connectivity index (χ0v) is 22.4. The van der Waals surface area contributed by atoms with Gasteiger partial charge >= 0.3 is 6.09 Å². The molecule has 41 heavy (non-hydrogen) atoms. The Kier molecular flexibility index (Phi) is 6.63. The van der Waals surface area contributed by atoms with Gasteiger partial charge in [0, 0.05) is 17.2 Å². The van der Waals surface area contributed by atoms with Gasteiger partial charge in [-0.25, -0.2) is 4.79 Å². The number of aliphatic hydroxyl groups excluding tert-OH is 2. The van der Waals surface area contributed by atoms with E-state index in [0.717, 1.165) is 0 Å². The standard InChI is InChI=1S/C29H29N3O9/c1-12-14-10-7-11-15(33)17(14)22(34)18-16(12)24(41-28(39)31-13-8-5-4-6-9-13)20-21(32(2)3)23(35)19(27(30)38)26(37)29(20,40)25(18)36/h4-12,16,20-21,24,33-34,37,40H,1-3H3,(H2,30,38)(H,31,39)/t12-,16+,20+,21+,24-,29-/m1/s1. The number of aliphatic hydroxyl groups is 3. The highest BCUT2D eigenvalue weighted by atomic mass is 16.6. The summed E-state index contributed by atoms with van der Waals surface area (Å²) in [5.41, 5.74) is 1.69. The van der Waals surface area contributed by atoms with Crippen LogP contribution in [0.2, 0.25) is 0 Å². The molecule has 3 aliphatic carbocycles. The normalized spacial score (nSPS) is 29.0. The fraction of sp³-hybridized carbons (Fsp3) is 0.310. The number of phenolic OH excluding ortho intramolecular Hbond substituents is 1. The highest BCUT2D eigenvalue weighted by Crippen LogP contribution is 2.56. The fourth-order valence-electron chi connectivity index (χ4n) is 6.48. The predicted octanol–water partition coefficient (Wildman–Crippen LogP) is 1.75. The van der Waals surface area contributed by atoms with Crippen LogP contribution >= 0.6 is 0 Å². The van der Waals surface area contributed by atoms with Crippen molar-refractivity contribution in [3.63, 3.8) is 0 Å². The van der Waals surface area contributed by atoms with Crippen LogP contribution in [0.15, 0.2) is 65.4 Å². The number of phenols is 1. The SMILES string of the molecule is C[C@@H]1c2cccc(O)c2C(O)=C2C(=O)[C@@]3(O)C(O)=C(C(N)=O)C(=O)[C@@H](N(C)C)[C@H]3[C@H](OC(=O)Nc3ccccc3)[C@H]21. The van der Waals surface area contributed by atoms with E-state index in [1.165, 1.54) is 25.1 Å². The number of nitrogens with zero attached hydrogens (tertiary/aromatic N) is 1. The van der Waals surface area contributed by atoms with Crippen molar-refractivity contribution in [2.45, 2.75) is 30.6 Å². The number of fused-ring (bicyclic) bond motifs is 3. The van der Waals surface area contributed by atoms with Gasteiger partial charge in [0.15, 0.2) is 11.4 Å². The molecule has 214 valence electrons. The summed E-state index contributed by atoms with van der Waals surface area (Å²) >= 11 is 0. The molecule has 0 aliphatic heterocycles. The van der Waals surface area contributed by atoms with E-state index in [1.54, 1.807) is 49.4 Å². The smallest absolute Gasteiger partial charge is 0.411 e. The van der Waals surface area contributed by atoms with Gasteiger partial charge < -0.3 is 30.9 Å². The van der Waals surface area contributed by atoms with Gasteiger partial charge in [0.05, 0.1) is 17.5 Å². The molecule has 0 unspecified atom stereocenters. The van der Waals surface area contributed by atoms with Crippen LogP contribution in [0, 0.1) is 11.8 Å². The van der Waals surface area contributed by atoms with Crippen molar-refractivity contribution < 1.29 is 44.3 Å². The van der Waals surface area contributed by atoms with Gasteiger partial charge in [0.25, 0.3) is 5.91 Å². The molecule has 3 aliphatic rings. The topological polar surface area (TPSA) is 200 Å². The molecular formula is C29H29N3O9. The first kappa shape index (κ1) is 27.9. The number of Topliss-reactive ketones (excluding diaryl/α,β-unsaturated/α-hetero) is 2. The Morgan fingerprint density at radius 1 is 1.02 bits per heavy atom. The zero-order chi connectivity index (χ0) is 30.0. The van der Waals surface area contributed by atoms with Crippen molar-refractivity contribution in [2.24, 2.45) is 17.6 Å². The van der Waals surface area contributed by atoms with Gasteiger partial charge in [0.1, 0.15) is 28.9 Å². The molecule has 2 aromatic carbocycles. The largest absolute Gasteiger partial charge is 0.508 e. The van der Waals surface area contributed by atoms with Crippen molar-refractivity contribution in [1.82, 2.24) is 4.90 Å². The van der Waals surface area contributed by atoms with E-state index in [9.17, 15) is 39.6 Å². The number of carbonyl (C=O) groups is 4. The summed E-state index contributed by atoms with van der Waals surface area (Å²) in [5.74, 6) is -9.38. The third-order valence-electron chi connectivity index (χ3n) is 8.23. The third kappa shape index (κ3) is 3.98. The van der Waals surface area contributed by atoms with Crippen LogP contribution in [0.3, 0.4) is 0 Å². The highest BCUT2D eigenvalue weighted by Gasteiger charge is 2.69. The lowest BCUT2D eigenvalue weighted by atomic mass is 9.54. The highest BCUT2D eigenvalue weighted by molar-refractivity contribution is 6.24. The monoisotopic (exact) mass is 563 g/mol. The number of hydrogen-bond acceptors (Lipinski definition) is 10. The number of aromatic hydroxyl groups is 1. The van der Waals surface area contributed by atoms with E-state index in [1.807, 2.05) is 0 Å². The molecule has 6 atom stereocenters. The number of benzene rings is 2. The molecule has 0 heterocycles. The lowest BCUT2D eigenvalue weighted by Crippen LogP contribution is -2.71. The van der Waals surface area contributed by atoms with Gasteiger partial charge in [-0.2, -0.15) is 0 Å². The fourth-order valence-corrected chi connectivity index (χ4v) is 6.48. The van der Waals surface area contributed by atoms with Crippen LogP contribution in [-0.2, 0) is 19.1 Å². The van der Waals surface area contributed by atoms with E-state index in [-0.39, 0.29) is 11.3 Å². The van der Waals surface area contributed by atoms with E-state index in [4.69, 9.17) is 10.5 Å². The van der Waals surface area contributed by atoms with E-state index < -0.39 is 81.7 Å². The lowest BCUT2D eigenvalue weighted by molar-refractivity contribution is -0.169. The summed E-state index contributed by atoms with van der Waals surface area (Å²) in [6.45, 7) is 1.68. The lowest BCUT2D eigenvalue weighted by Gasteiger charge is -2.54. The van der Waals surface area contributed by atoms with E-state index in [0.29, 0.717) is 11.3 Å². The number of carbonyl (C=O) groups excluding carboxylic acids is 4. The molecule has 0 bridgehead atoms. The Morgan fingerprint density at radius 2 is 1.68 bits per heavy atom. The number of hydrogen-bond donors (Lipinski definition) is 6. The summed E-state index contributed by atoms with van der Waals surface area (Å²) < 4.78 is 5.89. The van der Waals surface area contributed by atoms with Gasteiger partial charge in [-0.1, -0.05) is 37.3 Å². The second-order valence-corrected chi connectivity index (χ2v) is 10.7. The van der Waals surface area contributed by atoms with Crippen LogP contribution in [0.1, 0.15) is 24.0 Å². The maximum atomic E-state index is 14.2. The number of amides is 2. The minimum atomic E-state index is -3.01. The molecule has 2 aromatic rings. The zero-order valence-electron chi connectivity index (χ0n) is 22.4. The number of ketones is 2. The summed E-state index contributed by atoms with van der Waals surface area (Å²) in [5, 5.41) is 47.7. The Bertz CT molecular complexity index is 1550. The first-order chi connectivity index (χ1) is 19.3. The number of nitrogens with one attached hydrogen (secondary N) is 1. The first-order valence-electron chi connectivity index (χ1n) is 12.8. The Hall–Kier alpha value is -4.68. The van der Waals surface area contributed by atoms with Crippen molar-refractivity contribution >= 4 is 35.0 Å². The summed E-state index contributed by atoms with van der Waals surface area (Å²) in [6, 6.07) is 11.3. The Balaban J connectivity index is 1.78. The predicted molar refractivity (Wildman–Crippen MR) is 145 cm³/mol. The summed E-state index contributed by atoms with van der Waals surface area (Å²) in [6.07, 6.45) is -2.52. The number of ether oxygens (including phenoxy) is 1. The number of anilines is 1. The molecule has 7 N–H and O–H groups in total. The molecule has 0 aromatic heterocycles. The summed E-state index contributed by atoms with van der Waals surface area (Å²) in [4.78, 5) is 54.6. The first-order valence-corrected chi connectivity index (χ1v) is 12.8. The van der Waals surface area contributed by atoms with Gasteiger partial charge in [-0.05, 0) is 43.8 Å². The Labute approximate surface area is 234 Å². The van der Waals surface area contributed by atoms with Crippen molar-refractivity contribution in [2.75, 3.05) is 19.4 Å². The van der Waals surface area contributed by atoms with Crippen LogP contribution < -0.4 is 11.1 Å². The number of primary amides is 1. The average Bonchev–Trinajstić information content (AvgIpc) is 2.90. The second kappa shape index (κ2) is 9.75. The van der Waals surface area contributed by atoms with Gasteiger partial charge in [-0.15, -0.1) is 0 Å². The van der Waals surface area contributed by atoms with Crippen molar-refractivity contribution in [3.8, 4) is 5.75 Å². The number of para-hydroxylation sites is 1. The minimum absolute atomic E-state index is 0.0659. The van der Waals surface area contributed by atoms with Crippen LogP contribution in [-0.4, -0.2) is 80.7 Å². The second-order valence-electron chi connectivity index (χ2n) is 10.7. The van der Waals surface area contributed by atoms with Gasteiger partial charge in [-0.3, -0.25) is 24.6 Å². The molecule has 1 fully saturated rings. The number of likely N-dealkylation sites (N-methyl/N-ethyl adjacent to an activating group) is 1. The third-order valence-corrected chi connectivity index (χ3v) is 8.23. The quantitative estimate of drug-likeness (QED) is 0.298. The van der Waals surface area contributed by atoms with Crippen molar-refractivity contribution in [1.29, 1.82) is 0 Å².